The van der Waals surface area contributed by atoms with Crippen LogP contribution in [-0.4, -0.2) is 285 Å². The minimum Gasteiger partial charge on any atom is -0.369 e. The van der Waals surface area contributed by atoms with E-state index in [1.807, 2.05) is 0 Å². The normalized spacial score (nSPS) is 36.9. The first kappa shape index (κ1) is 94.0. The summed E-state index contributed by atoms with van der Waals surface area (Å²) in [6, 6.07) is 0. The fourth-order valence-electron chi connectivity index (χ4n) is 15.6. The van der Waals surface area contributed by atoms with Crippen molar-refractivity contribution in [1.82, 2.24) is 123 Å². The van der Waals surface area contributed by atoms with E-state index in [9.17, 15) is 57.8 Å². The predicted molar refractivity (Wildman–Crippen MR) is 456 cm³/mol. The Bertz CT molecular complexity index is 7010. The van der Waals surface area contributed by atoms with Gasteiger partial charge in [-0.05, 0) is 59.0 Å². The first-order valence-corrected chi connectivity index (χ1v) is 53.9. The lowest BCUT2D eigenvalue weighted by Crippen LogP contribution is -2.34. The molecule has 74 heteroatoms. The molecule has 12 aromatic rings. The number of alkyl halides is 4. The van der Waals surface area contributed by atoms with Crippen LogP contribution in [0.3, 0.4) is 0 Å². The zero-order valence-electron chi connectivity index (χ0n) is 65.8. The number of anilines is 3. The lowest BCUT2D eigenvalue weighted by atomic mass is 10.1. The van der Waals surface area contributed by atoms with E-state index < -0.39 is 235 Å². The van der Waals surface area contributed by atoms with Gasteiger partial charge in [-0.1, -0.05) is 17.5 Å². The maximum absolute atomic E-state index is 16.0. The van der Waals surface area contributed by atoms with Crippen LogP contribution in [0.1, 0.15) is 50.2 Å². The highest BCUT2D eigenvalue weighted by molar-refractivity contribution is 8.44. The lowest BCUT2D eigenvalue weighted by molar-refractivity contribution is -0.0616. The number of ether oxygens (including phenoxy) is 6. The molecule has 0 aliphatic carbocycles. The zero-order valence-corrected chi connectivity index (χ0v) is 76.2. The Labute approximate surface area is 761 Å². The molecule has 6 unspecified atom stereocenters. The molecule has 17 N–H and O–H groups in total. The van der Waals surface area contributed by atoms with E-state index >= 15 is 17.6 Å². The van der Waals surface area contributed by atoms with Crippen molar-refractivity contribution in [3.8, 4) is 0 Å². The van der Waals surface area contributed by atoms with Gasteiger partial charge in [0.15, 0.2) is 129 Å². The second-order valence-electron chi connectivity index (χ2n) is 29.8. The van der Waals surface area contributed by atoms with Crippen molar-refractivity contribution in [1.29, 1.82) is 0 Å². The molecule has 0 amide bonds. The van der Waals surface area contributed by atoms with Crippen molar-refractivity contribution in [3.63, 3.8) is 0 Å². The minimum atomic E-state index is -4.37. The fraction of sp³-hybridized carbons (Fsp3) is 0.508. The van der Waals surface area contributed by atoms with Gasteiger partial charge < -0.3 is 112 Å². The highest BCUT2D eigenvalue weighted by atomic mass is 32.7. The number of rotatable bonds is 6. The number of H-pyrrole nitrogens is 6. The van der Waals surface area contributed by atoms with Crippen LogP contribution in [0.25, 0.3) is 67.0 Å². The SMILES string of the molecule is Nc1nc2c(ncn2[C@@H]2O[C@@H]3COP(O)(=S)O[C@H]4[C@H](F)[C@H](n5cnc6c(=O)[nH]cnc65)O[C@@H]4COP(=O)(S)O[C@@H]2C3)c(=O)[nH]1.Nc1nc2c(ncn2[C@@H]2O[C@@H]3COP(O)(=S)O[C@H]4[C@H](F)[C@H](n5cnc6c(=O)[nH]cnc65)O[C@@H]4COP(O)(=S)O[C@@H]2[C@@H]3F)c(=O)[nH]1.Nc1nc2c(ncn2[C@@H]2O[C@@H]3COP(O)(=S)O[C@H]4[C@H](F)[C@H](n5nnc6c(=O)[nH]cnc65)O[C@@H]4COP(O)(=S)O[C@@H]2C3)c(=O)[nH]1. The van der Waals surface area contributed by atoms with Crippen molar-refractivity contribution < 1.29 is 129 Å². The van der Waals surface area contributed by atoms with Gasteiger partial charge in [-0.2, -0.15) is 19.6 Å². The Balaban J connectivity index is 0.000000129. The molecule has 21 heterocycles. The highest BCUT2D eigenvalue weighted by Gasteiger charge is 2.58. The van der Waals surface area contributed by atoms with Gasteiger partial charge in [0.1, 0.15) is 61.0 Å². The number of halogens is 4. The summed E-state index contributed by atoms with van der Waals surface area (Å²) in [6.07, 6.45) is -22.9. The van der Waals surface area contributed by atoms with Crippen molar-refractivity contribution >= 4 is 197 Å². The smallest absolute Gasteiger partial charge is 0.369 e. The van der Waals surface area contributed by atoms with E-state index in [2.05, 4.69) is 107 Å². The molecular formula is C59H64F4N28O30P6S6. The van der Waals surface area contributed by atoms with Gasteiger partial charge in [-0.3, -0.25) is 93.7 Å². The molecule has 9 aliphatic heterocycles. The lowest BCUT2D eigenvalue weighted by Gasteiger charge is -2.27. The predicted octanol–water partition coefficient (Wildman–Crippen LogP) is -1.01. The van der Waals surface area contributed by atoms with Crippen LogP contribution in [-0.2, 0) is 146 Å². The van der Waals surface area contributed by atoms with Gasteiger partial charge in [-0.25, -0.2) is 62.0 Å². The van der Waals surface area contributed by atoms with Gasteiger partial charge >= 0.3 is 40.4 Å². The molecule has 0 saturated carbocycles. The number of aromatic amines is 6. The standard InChI is InChI=1S/C20H21F2N9O10P2S2.C20H22FN9O10P2S2.C19H21FN10O10P2S2/c21-8-6-1-36-42(34,44)40-12-7(39-18(9(12)22)30-4-26-10-14(30)24-3-25-16(10)32)2-37-43(35,45)41-13(8)19(38-6)31-5-27-11-15(31)28-20(23)29-17(11)33;21-10-13-9(38-19(10)29-5-25-11-14(29)23-4-24-16(11)31)3-36-41(33,43)39-8-1-7(2-35-42(34,44)40-13)37-18(8)30-6-26-12-15(30)27-20(22)28-17(12)32;20-9-12-8(38-18(9)30-13-11(27-28-30)15(31)23-4-22-13)3-36-41(33,43)39-7-1-6(2-35-42(34,44)40-12)37-17(7)29-5-24-10-14(29)25-19(21)26-16(10)32/h3-9,12-13,18-19H,1-2H2,(H,34,44)(H,35,45)(H,24,25,32)(H3,23,28,29,33);4-10,13,18-19H,1-3H2,(H,33,43)(H,34,44)(H,23,24,31)(H3,22,27,28,32);4-9,12,17-18H,1-3H2,(H,33,43)(H,34,44)(H,22,23,31)(H3,21,25,26,32)/t6-,7-,8-,9+,12-,13-,18-,19-,42?,43?;7-,8+,9+,10-,13+,18+,19+,41?,42?;6-,7+,8+,9-,12+,17+,18+,41?,42?/m100/s1. The molecule has 28 atom stereocenters. The molecule has 0 radical (unpaired) electrons. The first-order chi connectivity index (χ1) is 63.1. The van der Waals surface area contributed by atoms with E-state index in [1.54, 1.807) is 0 Å². The van der Waals surface area contributed by atoms with Gasteiger partial charge in [-0.15, -0.1) is 5.10 Å². The van der Waals surface area contributed by atoms with Crippen molar-refractivity contribution in [2.75, 3.05) is 56.8 Å². The Morgan fingerprint density at radius 2 is 0.684 bits per heavy atom. The van der Waals surface area contributed by atoms with E-state index in [0.717, 1.165) is 51.8 Å². The summed E-state index contributed by atoms with van der Waals surface area (Å²) < 4.78 is 186. The number of thiol groups is 1. The van der Waals surface area contributed by atoms with E-state index in [0.29, 0.717) is 0 Å². The first-order valence-electron chi connectivity index (χ1n) is 38.3. The number of hydrogen-bond donors (Lipinski definition) is 15. The average molecular weight is 2100 g/mol. The minimum absolute atomic E-state index is 0.0176. The molecule has 133 heavy (non-hydrogen) atoms. The molecule has 9 saturated heterocycles. The number of nitrogens with zero attached hydrogens (tertiary/aromatic N) is 19. The van der Waals surface area contributed by atoms with Crippen LogP contribution in [0, 0.1) is 0 Å². The average Bonchev–Trinajstić information content (AvgIpc) is 1.62. The van der Waals surface area contributed by atoms with Crippen LogP contribution in [0.5, 0.6) is 0 Å². The van der Waals surface area contributed by atoms with Gasteiger partial charge in [0, 0.05) is 12.8 Å². The molecule has 0 spiro atoms. The Hall–Kier alpha value is -7.94. The topological polar surface area (TPSA) is 757 Å². The molecule has 0 aromatic carbocycles. The Kier molecular flexibility index (Phi) is 25.5. The third kappa shape index (κ3) is 18.7. The van der Waals surface area contributed by atoms with Crippen LogP contribution in [0.2, 0.25) is 0 Å². The molecule has 58 nitrogen and oxygen atoms in total. The number of nitrogens with one attached hydrogen (secondary N) is 6. The number of aromatic nitrogens is 25. The third-order valence-electron chi connectivity index (χ3n) is 21.3. The molecule has 9 fully saturated rings. The van der Waals surface area contributed by atoms with Crippen LogP contribution < -0.4 is 50.6 Å². The van der Waals surface area contributed by atoms with Crippen molar-refractivity contribution in [3.05, 3.63) is 113 Å². The molecular weight excluding hydrogens is 2040 g/mol. The van der Waals surface area contributed by atoms with Gasteiger partial charge in [0.05, 0.1) is 102 Å². The number of nitrogen functional groups attached to an aromatic ring is 3. The largest absolute Gasteiger partial charge is 0.386 e. The molecule has 6 bridgehead atoms. The monoisotopic (exact) mass is 2100 g/mol. The second kappa shape index (κ2) is 36.1. The number of hydrogen-bond acceptors (Lipinski definition) is 46. The number of imidazole rings is 5. The molecule has 714 valence electrons. The molecule has 12 aromatic heterocycles. The summed E-state index contributed by atoms with van der Waals surface area (Å²) in [7, 11) is 0. The van der Waals surface area contributed by atoms with Crippen LogP contribution in [0.4, 0.5) is 35.4 Å². The Morgan fingerprint density at radius 1 is 0.361 bits per heavy atom. The van der Waals surface area contributed by atoms with Crippen LogP contribution in [0.15, 0.2) is 79.4 Å². The highest BCUT2D eigenvalue weighted by Crippen LogP contribution is 2.61. The summed E-state index contributed by atoms with van der Waals surface area (Å²) in [5.74, 6) is -0.614. The summed E-state index contributed by atoms with van der Waals surface area (Å²) in [5, 5.41) is 7.52. The maximum atomic E-state index is 16.0. The summed E-state index contributed by atoms with van der Waals surface area (Å²) in [6.45, 7) is -28.7. The second-order valence-corrected chi connectivity index (χ2v) is 46.7. The summed E-state index contributed by atoms with van der Waals surface area (Å²) in [4.78, 5) is 186. The molecule has 9 aliphatic rings. The van der Waals surface area contributed by atoms with Gasteiger partial charge in [0.25, 0.3) is 33.4 Å². The van der Waals surface area contributed by atoms with E-state index in [4.69, 9.17) is 159 Å². The summed E-state index contributed by atoms with van der Waals surface area (Å²) in [5.41, 5.74) is 12.9. The van der Waals surface area contributed by atoms with Crippen LogP contribution >= 0.6 is 52.6 Å². The summed E-state index contributed by atoms with van der Waals surface area (Å²) >= 11 is 30.0. The number of fused-ring (bicyclic) bond motifs is 15. The zero-order chi connectivity index (χ0) is 93.8. The maximum Gasteiger partial charge on any atom is 0.386 e. The van der Waals surface area contributed by atoms with Crippen molar-refractivity contribution in [2.45, 2.75) is 148 Å². The van der Waals surface area contributed by atoms with Gasteiger partial charge in [0.2, 0.25) is 17.8 Å². The fourth-order valence-corrected chi connectivity index (χ4v) is 24.3. The third-order valence-corrected chi connectivity index (χ3v) is 30.8. The van der Waals surface area contributed by atoms with Crippen molar-refractivity contribution in [2.24, 2.45) is 0 Å². The quantitative estimate of drug-likeness (QED) is 0.0539. The number of nitrogens with two attached hydrogens (primary N) is 3. The van der Waals surface area contributed by atoms with E-state index in [1.165, 1.54) is 26.4 Å². The van der Waals surface area contributed by atoms with E-state index in [-0.39, 0.29) is 111 Å². The Morgan fingerprint density at radius 3 is 1.11 bits per heavy atom. The molecule has 21 rings (SSSR count).